The summed E-state index contributed by atoms with van der Waals surface area (Å²) in [6, 6.07) is 9.18. The Labute approximate surface area is 178 Å². The number of esters is 1. The van der Waals surface area contributed by atoms with E-state index in [1.165, 1.54) is 22.7 Å². The van der Waals surface area contributed by atoms with Gasteiger partial charge in [-0.05, 0) is 51.1 Å². The molecule has 8 heteroatoms. The van der Waals surface area contributed by atoms with Crippen LogP contribution in [0.15, 0.2) is 41.4 Å². The van der Waals surface area contributed by atoms with Crippen molar-refractivity contribution in [2.24, 2.45) is 0 Å². The number of carbonyl (C=O) groups excluding carboxylic acids is 3. The molecule has 0 unspecified atom stereocenters. The first kappa shape index (κ1) is 21.2. The molecule has 0 aliphatic carbocycles. The first-order valence-corrected chi connectivity index (χ1v) is 10.5. The Morgan fingerprint density at radius 1 is 1.24 bits per heavy atom. The second-order valence-electron chi connectivity index (χ2n) is 6.52. The molecule has 0 N–H and O–H groups in total. The summed E-state index contributed by atoms with van der Waals surface area (Å²) in [7, 11) is 0. The standard InChI is InChI=1S/C21H21ClN2O4S/c1-4-28-21(27)10-20-23(19(26)12-29-20)11-18(25)17-9-13(2)24(14(17)3)16-7-5-15(22)6-8-16/h5-10H,4,11-12H2,1-3H3/b20-10+. The molecule has 152 valence electrons. The van der Waals surface area contributed by atoms with Crippen LogP contribution < -0.4 is 0 Å². The number of carbonyl (C=O) groups is 3. The van der Waals surface area contributed by atoms with Gasteiger partial charge in [-0.3, -0.25) is 14.5 Å². The molecule has 1 saturated heterocycles. The van der Waals surface area contributed by atoms with Gasteiger partial charge in [0.05, 0.1) is 30.0 Å². The lowest BCUT2D eigenvalue weighted by Gasteiger charge is -2.16. The summed E-state index contributed by atoms with van der Waals surface area (Å²) >= 11 is 7.20. The largest absolute Gasteiger partial charge is 0.463 e. The molecule has 6 nitrogen and oxygen atoms in total. The molecule has 3 rings (SSSR count). The van der Waals surface area contributed by atoms with Gasteiger partial charge >= 0.3 is 5.97 Å². The van der Waals surface area contributed by atoms with Gasteiger partial charge in [0.1, 0.15) is 0 Å². The normalized spacial score (nSPS) is 15.2. The first-order valence-electron chi connectivity index (χ1n) is 9.11. The van der Waals surface area contributed by atoms with E-state index in [2.05, 4.69) is 0 Å². The van der Waals surface area contributed by atoms with E-state index in [-0.39, 0.29) is 30.6 Å². The van der Waals surface area contributed by atoms with Crippen molar-refractivity contribution in [2.45, 2.75) is 20.8 Å². The topological polar surface area (TPSA) is 68.6 Å². The van der Waals surface area contributed by atoms with Gasteiger partial charge in [-0.15, -0.1) is 0 Å². The van der Waals surface area contributed by atoms with Crippen molar-refractivity contribution in [3.8, 4) is 5.69 Å². The van der Waals surface area contributed by atoms with Crippen LogP contribution in [0.2, 0.25) is 5.02 Å². The Morgan fingerprint density at radius 3 is 2.59 bits per heavy atom. The second kappa shape index (κ2) is 8.88. The zero-order valence-electron chi connectivity index (χ0n) is 16.4. The van der Waals surface area contributed by atoms with Crippen LogP contribution in [0, 0.1) is 13.8 Å². The fourth-order valence-electron chi connectivity index (χ4n) is 3.25. The Kier molecular flexibility index (Phi) is 6.49. The van der Waals surface area contributed by atoms with Crippen molar-refractivity contribution in [1.29, 1.82) is 0 Å². The van der Waals surface area contributed by atoms with Gasteiger partial charge in [-0.25, -0.2) is 4.79 Å². The fourth-order valence-corrected chi connectivity index (χ4v) is 4.30. The van der Waals surface area contributed by atoms with Gasteiger partial charge < -0.3 is 9.30 Å². The molecule has 1 amide bonds. The SMILES string of the molecule is CCOC(=O)/C=C1/SCC(=O)N1CC(=O)c1cc(C)n(-c2ccc(Cl)cc2)c1C. The van der Waals surface area contributed by atoms with Crippen LogP contribution in [-0.2, 0) is 14.3 Å². The molecule has 2 heterocycles. The van der Waals surface area contributed by atoms with Crippen molar-refractivity contribution >= 4 is 41.0 Å². The maximum Gasteiger partial charge on any atom is 0.333 e. The smallest absolute Gasteiger partial charge is 0.333 e. The summed E-state index contributed by atoms with van der Waals surface area (Å²) < 4.78 is 6.88. The van der Waals surface area contributed by atoms with E-state index in [4.69, 9.17) is 16.3 Å². The summed E-state index contributed by atoms with van der Waals surface area (Å²) in [5.74, 6) is -0.722. The Bertz CT molecular complexity index is 995. The maximum absolute atomic E-state index is 13.0. The van der Waals surface area contributed by atoms with E-state index in [0.29, 0.717) is 15.6 Å². The molecule has 0 spiro atoms. The lowest BCUT2D eigenvalue weighted by atomic mass is 10.1. The number of halogens is 1. The quantitative estimate of drug-likeness (QED) is 0.393. The molecule has 1 aromatic carbocycles. The number of aromatic nitrogens is 1. The number of Topliss-reactive ketones (excluding diaryl/α,β-unsaturated/α-hetero) is 1. The van der Waals surface area contributed by atoms with Crippen molar-refractivity contribution in [2.75, 3.05) is 18.9 Å². The first-order chi connectivity index (χ1) is 13.8. The van der Waals surface area contributed by atoms with Crippen molar-refractivity contribution < 1.29 is 19.1 Å². The lowest BCUT2D eigenvalue weighted by Crippen LogP contribution is -2.31. The van der Waals surface area contributed by atoms with Crippen LogP contribution >= 0.6 is 23.4 Å². The minimum atomic E-state index is -0.525. The molecular weight excluding hydrogens is 412 g/mol. The molecule has 0 radical (unpaired) electrons. The number of ether oxygens (including phenoxy) is 1. The van der Waals surface area contributed by atoms with Gasteiger partial charge in [-0.2, -0.15) is 0 Å². The van der Waals surface area contributed by atoms with Gasteiger partial charge in [-0.1, -0.05) is 23.4 Å². The number of ketones is 1. The Morgan fingerprint density at radius 2 is 1.93 bits per heavy atom. The summed E-state index contributed by atoms with van der Waals surface area (Å²) in [6.07, 6.45) is 1.27. The van der Waals surface area contributed by atoms with Crippen LogP contribution in [-0.4, -0.2) is 46.0 Å². The highest BCUT2D eigenvalue weighted by molar-refractivity contribution is 8.04. The Balaban J connectivity index is 1.85. The number of aryl methyl sites for hydroxylation is 1. The van der Waals surface area contributed by atoms with Crippen LogP contribution in [0.1, 0.15) is 28.7 Å². The molecule has 1 fully saturated rings. The molecule has 1 aliphatic heterocycles. The third kappa shape index (κ3) is 4.57. The molecule has 0 saturated carbocycles. The summed E-state index contributed by atoms with van der Waals surface area (Å²) in [6.45, 7) is 5.62. The van der Waals surface area contributed by atoms with Crippen molar-refractivity contribution in [3.63, 3.8) is 0 Å². The molecule has 1 aliphatic rings. The number of hydrogen-bond donors (Lipinski definition) is 0. The summed E-state index contributed by atoms with van der Waals surface area (Å²) in [5, 5.41) is 1.08. The predicted molar refractivity (Wildman–Crippen MR) is 113 cm³/mol. The average Bonchev–Trinajstić information content (AvgIpc) is 3.16. The predicted octanol–water partition coefficient (Wildman–Crippen LogP) is 3.91. The zero-order valence-corrected chi connectivity index (χ0v) is 18.0. The molecule has 0 atom stereocenters. The fraction of sp³-hybridized carbons (Fsp3) is 0.286. The molecule has 2 aromatic rings. The van der Waals surface area contributed by atoms with Crippen LogP contribution in [0.25, 0.3) is 5.69 Å². The van der Waals surface area contributed by atoms with E-state index in [9.17, 15) is 14.4 Å². The molecule has 29 heavy (non-hydrogen) atoms. The zero-order chi connectivity index (χ0) is 21.1. The van der Waals surface area contributed by atoms with Crippen molar-refractivity contribution in [3.05, 3.63) is 63.4 Å². The van der Waals surface area contributed by atoms with E-state index in [0.717, 1.165) is 17.1 Å². The van der Waals surface area contributed by atoms with E-state index in [1.54, 1.807) is 19.1 Å². The number of amides is 1. The molecule has 0 bridgehead atoms. The number of hydrogen-bond acceptors (Lipinski definition) is 5. The van der Waals surface area contributed by atoms with Gasteiger partial charge in [0.15, 0.2) is 5.78 Å². The van der Waals surface area contributed by atoms with Crippen LogP contribution in [0.4, 0.5) is 0 Å². The summed E-state index contributed by atoms with van der Waals surface area (Å²) in [4.78, 5) is 38.3. The van der Waals surface area contributed by atoms with E-state index < -0.39 is 5.97 Å². The number of rotatable bonds is 6. The number of benzene rings is 1. The molecular formula is C21H21ClN2O4S. The van der Waals surface area contributed by atoms with Gasteiger partial charge in [0.25, 0.3) is 0 Å². The highest BCUT2D eigenvalue weighted by Crippen LogP contribution is 2.30. The number of thioether (sulfide) groups is 1. The van der Waals surface area contributed by atoms with Gasteiger partial charge in [0, 0.05) is 27.7 Å². The number of nitrogens with zero attached hydrogens (tertiary/aromatic N) is 2. The third-order valence-corrected chi connectivity index (χ3v) is 5.83. The minimum absolute atomic E-state index is 0.123. The highest BCUT2D eigenvalue weighted by Gasteiger charge is 2.30. The third-order valence-electron chi connectivity index (χ3n) is 4.56. The van der Waals surface area contributed by atoms with E-state index >= 15 is 0 Å². The average molecular weight is 433 g/mol. The van der Waals surface area contributed by atoms with Crippen LogP contribution in [0.5, 0.6) is 0 Å². The van der Waals surface area contributed by atoms with Crippen molar-refractivity contribution in [1.82, 2.24) is 9.47 Å². The minimum Gasteiger partial charge on any atom is -0.463 e. The van der Waals surface area contributed by atoms with Crippen LogP contribution in [0.3, 0.4) is 0 Å². The highest BCUT2D eigenvalue weighted by atomic mass is 35.5. The maximum atomic E-state index is 13.0. The van der Waals surface area contributed by atoms with E-state index in [1.807, 2.05) is 36.6 Å². The monoisotopic (exact) mass is 432 g/mol. The summed E-state index contributed by atoms with van der Waals surface area (Å²) in [5.41, 5.74) is 3.12. The molecule has 1 aromatic heterocycles. The second-order valence-corrected chi connectivity index (χ2v) is 7.96. The van der Waals surface area contributed by atoms with Gasteiger partial charge in [0.2, 0.25) is 5.91 Å². The Hall–Kier alpha value is -2.51. The lowest BCUT2D eigenvalue weighted by molar-refractivity contribution is -0.137.